The number of nitrogens with zero attached hydrogens (tertiary/aromatic N) is 2. The van der Waals surface area contributed by atoms with Crippen LogP contribution in [-0.4, -0.2) is 35.2 Å². The third kappa shape index (κ3) is 5.98. The zero-order valence-corrected chi connectivity index (χ0v) is 15.8. The molecule has 0 spiro atoms. The number of carbonyl (C=O) groups excluding carboxylic acids is 1. The van der Waals surface area contributed by atoms with Crippen molar-refractivity contribution >= 4 is 17.6 Å². The maximum Gasteiger partial charge on any atom is 0.269 e. The molecule has 2 aromatic carbocycles. The van der Waals surface area contributed by atoms with Crippen molar-refractivity contribution in [1.82, 2.24) is 20.8 Å². The first-order chi connectivity index (χ1) is 13.7. The second kappa shape index (κ2) is 9.91. The zero-order chi connectivity index (χ0) is 19.6. The van der Waals surface area contributed by atoms with Crippen LogP contribution in [0, 0.1) is 6.92 Å². The van der Waals surface area contributed by atoms with Crippen LogP contribution in [0.2, 0.25) is 0 Å². The number of para-hydroxylation sites is 1. The number of hydrogen-bond donors (Lipinski definition) is 4. The molecule has 0 unspecified atom stereocenters. The van der Waals surface area contributed by atoms with Gasteiger partial charge < -0.3 is 16.0 Å². The molecule has 144 valence electrons. The van der Waals surface area contributed by atoms with E-state index in [9.17, 15) is 4.79 Å². The molecule has 0 radical (unpaired) electrons. The second-order valence-electron chi connectivity index (χ2n) is 6.29. The molecule has 3 rings (SSSR count). The number of H-pyrrole nitrogens is 1. The van der Waals surface area contributed by atoms with Crippen molar-refractivity contribution < 1.29 is 4.79 Å². The first kappa shape index (κ1) is 19.2. The molecule has 0 fully saturated rings. The number of nitrogens with one attached hydrogen (secondary N) is 4. The van der Waals surface area contributed by atoms with E-state index < -0.39 is 0 Å². The van der Waals surface area contributed by atoms with Gasteiger partial charge in [-0.3, -0.25) is 9.89 Å². The van der Waals surface area contributed by atoms with Crippen molar-refractivity contribution in [2.75, 3.05) is 18.4 Å². The van der Waals surface area contributed by atoms with Crippen molar-refractivity contribution in [3.05, 3.63) is 83.7 Å². The number of aromatic nitrogens is 2. The molecule has 3 aromatic rings. The highest BCUT2D eigenvalue weighted by atomic mass is 16.1. The van der Waals surface area contributed by atoms with Crippen LogP contribution in [0.5, 0.6) is 0 Å². The van der Waals surface area contributed by atoms with Crippen molar-refractivity contribution in [2.24, 2.45) is 4.99 Å². The van der Waals surface area contributed by atoms with Crippen LogP contribution in [0.4, 0.5) is 5.69 Å². The topological polar surface area (TPSA) is 94.2 Å². The molecule has 4 N–H and O–H groups in total. The first-order valence-corrected chi connectivity index (χ1v) is 9.14. The molecule has 28 heavy (non-hydrogen) atoms. The van der Waals surface area contributed by atoms with E-state index in [-0.39, 0.29) is 5.91 Å². The number of guanidine groups is 1. The summed E-state index contributed by atoms with van der Waals surface area (Å²) < 4.78 is 0. The number of aromatic amines is 1. The Morgan fingerprint density at radius 1 is 1.00 bits per heavy atom. The summed E-state index contributed by atoms with van der Waals surface area (Å²) in [5.74, 6) is 0.469. The van der Waals surface area contributed by atoms with Crippen LogP contribution in [-0.2, 0) is 6.54 Å². The standard InChI is InChI=1S/C21H24N6O/c1-16-7-9-17(10-8-16)15-24-21(26-18-5-3-2-4-6-18)23-14-13-22-20(28)19-11-12-25-27-19/h2-12H,13-15H2,1H3,(H,22,28)(H,25,27)(H2,23,24,26). The Labute approximate surface area is 164 Å². The molecular weight excluding hydrogens is 352 g/mol. The molecule has 1 aromatic heterocycles. The summed E-state index contributed by atoms with van der Waals surface area (Å²) in [7, 11) is 0. The van der Waals surface area contributed by atoms with E-state index in [1.165, 1.54) is 5.56 Å². The first-order valence-electron chi connectivity index (χ1n) is 9.14. The minimum atomic E-state index is -0.187. The van der Waals surface area contributed by atoms with E-state index >= 15 is 0 Å². The molecule has 7 heteroatoms. The molecule has 7 nitrogen and oxygen atoms in total. The van der Waals surface area contributed by atoms with Gasteiger partial charge in [-0.1, -0.05) is 48.0 Å². The summed E-state index contributed by atoms with van der Waals surface area (Å²) in [5.41, 5.74) is 3.74. The lowest BCUT2D eigenvalue weighted by Crippen LogP contribution is -2.38. The van der Waals surface area contributed by atoms with Gasteiger partial charge in [0.2, 0.25) is 0 Å². The molecule has 1 heterocycles. The van der Waals surface area contributed by atoms with E-state index in [1.807, 2.05) is 30.3 Å². The fourth-order valence-electron chi connectivity index (χ4n) is 2.50. The van der Waals surface area contributed by atoms with Gasteiger partial charge in [0.05, 0.1) is 6.54 Å². The van der Waals surface area contributed by atoms with Gasteiger partial charge in [-0.2, -0.15) is 5.10 Å². The van der Waals surface area contributed by atoms with E-state index in [0.717, 1.165) is 11.3 Å². The van der Waals surface area contributed by atoms with Crippen molar-refractivity contribution in [2.45, 2.75) is 13.5 Å². The summed E-state index contributed by atoms with van der Waals surface area (Å²) in [6, 6.07) is 19.8. The van der Waals surface area contributed by atoms with Gasteiger partial charge in [-0.05, 0) is 30.7 Å². The highest BCUT2D eigenvalue weighted by molar-refractivity contribution is 5.94. The van der Waals surface area contributed by atoms with Gasteiger partial charge >= 0.3 is 0 Å². The minimum Gasteiger partial charge on any atom is -0.354 e. The third-order valence-electron chi connectivity index (χ3n) is 4.03. The summed E-state index contributed by atoms with van der Waals surface area (Å²) in [6.45, 7) is 3.61. The Morgan fingerprint density at radius 3 is 2.46 bits per heavy atom. The van der Waals surface area contributed by atoms with Crippen LogP contribution in [0.15, 0.2) is 71.9 Å². The molecular formula is C21H24N6O. The number of rotatable bonds is 7. The van der Waals surface area contributed by atoms with Crippen LogP contribution < -0.4 is 16.0 Å². The molecule has 1 amide bonds. The summed E-state index contributed by atoms with van der Waals surface area (Å²) in [6.07, 6.45) is 1.55. The van der Waals surface area contributed by atoms with Gasteiger partial charge in [0.1, 0.15) is 5.69 Å². The number of benzene rings is 2. The van der Waals surface area contributed by atoms with Gasteiger partial charge in [-0.15, -0.1) is 0 Å². The normalized spacial score (nSPS) is 11.1. The van der Waals surface area contributed by atoms with Crippen molar-refractivity contribution in [1.29, 1.82) is 0 Å². The van der Waals surface area contributed by atoms with Crippen molar-refractivity contribution in [3.63, 3.8) is 0 Å². The number of aryl methyl sites for hydroxylation is 1. The maximum absolute atomic E-state index is 11.9. The number of carbonyl (C=O) groups is 1. The Morgan fingerprint density at radius 2 is 1.75 bits per heavy atom. The number of hydrogen-bond acceptors (Lipinski definition) is 3. The van der Waals surface area contributed by atoms with E-state index in [2.05, 4.69) is 62.3 Å². The summed E-state index contributed by atoms with van der Waals surface area (Å²) in [4.78, 5) is 16.6. The minimum absolute atomic E-state index is 0.187. The summed E-state index contributed by atoms with van der Waals surface area (Å²) >= 11 is 0. The highest BCUT2D eigenvalue weighted by Crippen LogP contribution is 2.07. The lowest BCUT2D eigenvalue weighted by molar-refractivity contribution is 0.0949. The molecule has 0 saturated heterocycles. The molecule has 0 aliphatic heterocycles. The second-order valence-corrected chi connectivity index (χ2v) is 6.29. The Bertz CT molecular complexity index is 888. The number of aliphatic imine (C=N–C) groups is 1. The number of amides is 1. The molecule has 0 saturated carbocycles. The van der Waals surface area contributed by atoms with Gasteiger partial charge in [0.15, 0.2) is 5.96 Å². The van der Waals surface area contributed by atoms with Crippen LogP contribution in [0.25, 0.3) is 0 Å². The van der Waals surface area contributed by atoms with E-state index in [0.29, 0.717) is 31.3 Å². The van der Waals surface area contributed by atoms with Gasteiger partial charge in [0.25, 0.3) is 5.91 Å². The Hall–Kier alpha value is -3.61. The predicted octanol–water partition coefficient (Wildman–Crippen LogP) is 2.71. The summed E-state index contributed by atoms with van der Waals surface area (Å²) in [5, 5.41) is 15.8. The predicted molar refractivity (Wildman–Crippen MR) is 111 cm³/mol. The average Bonchev–Trinajstić information content (AvgIpc) is 3.26. The van der Waals surface area contributed by atoms with E-state index in [1.54, 1.807) is 12.3 Å². The lowest BCUT2D eigenvalue weighted by Gasteiger charge is -2.13. The van der Waals surface area contributed by atoms with Crippen molar-refractivity contribution in [3.8, 4) is 0 Å². The highest BCUT2D eigenvalue weighted by Gasteiger charge is 2.06. The third-order valence-corrected chi connectivity index (χ3v) is 4.03. The fraction of sp³-hybridized carbons (Fsp3) is 0.190. The largest absolute Gasteiger partial charge is 0.354 e. The maximum atomic E-state index is 11.9. The number of anilines is 1. The monoisotopic (exact) mass is 376 g/mol. The van der Waals surface area contributed by atoms with Crippen LogP contribution in [0.1, 0.15) is 21.6 Å². The quantitative estimate of drug-likeness (QED) is 0.290. The molecule has 0 bridgehead atoms. The smallest absolute Gasteiger partial charge is 0.269 e. The SMILES string of the molecule is Cc1ccc(CN=C(NCCNC(=O)c2ccn[nH]2)Nc2ccccc2)cc1. The fourth-order valence-corrected chi connectivity index (χ4v) is 2.50. The lowest BCUT2D eigenvalue weighted by atomic mass is 10.1. The van der Waals surface area contributed by atoms with Gasteiger partial charge in [0, 0.05) is 25.0 Å². The zero-order valence-electron chi connectivity index (χ0n) is 15.8. The van der Waals surface area contributed by atoms with E-state index in [4.69, 9.17) is 0 Å². The Kier molecular flexibility index (Phi) is 6.78. The van der Waals surface area contributed by atoms with Crippen LogP contribution >= 0.6 is 0 Å². The van der Waals surface area contributed by atoms with Crippen LogP contribution in [0.3, 0.4) is 0 Å². The average molecular weight is 376 g/mol. The molecule has 0 aliphatic rings. The Balaban J connectivity index is 1.56. The molecule has 0 aliphatic carbocycles. The van der Waals surface area contributed by atoms with Gasteiger partial charge in [-0.25, -0.2) is 4.99 Å². The molecule has 0 atom stereocenters.